The third kappa shape index (κ3) is 1.30. The Kier molecular flexibility index (Phi) is 1.97. The van der Waals surface area contributed by atoms with Crippen LogP contribution in [0.25, 0.3) is 0 Å². The van der Waals surface area contributed by atoms with Gasteiger partial charge in [0, 0.05) is 18.3 Å². The lowest BCUT2D eigenvalue weighted by molar-refractivity contribution is 0.612. The molecule has 0 saturated carbocycles. The smallest absolute Gasteiger partial charge is 0.129 e. The van der Waals surface area contributed by atoms with Crippen molar-refractivity contribution >= 4 is 0 Å². The third-order valence-corrected chi connectivity index (χ3v) is 1.30. The third-order valence-electron chi connectivity index (χ3n) is 1.30. The number of hydrogen-bond donors (Lipinski definition) is 1. The topological polar surface area (TPSA) is 38.9 Å². The van der Waals surface area contributed by atoms with Gasteiger partial charge in [0.25, 0.3) is 0 Å². The van der Waals surface area contributed by atoms with Gasteiger partial charge in [-0.1, -0.05) is 0 Å². The highest BCUT2D eigenvalue weighted by molar-refractivity contribution is 5.14. The summed E-state index contributed by atoms with van der Waals surface area (Å²) in [6.07, 6.45) is 1.48. The second kappa shape index (κ2) is 2.75. The van der Waals surface area contributed by atoms with Crippen LogP contribution in [0.5, 0.6) is 0 Å². The fraction of sp³-hybridized carbons (Fsp3) is 0.286. The first-order valence-electron chi connectivity index (χ1n) is 3.05. The van der Waals surface area contributed by atoms with E-state index in [1.165, 1.54) is 12.3 Å². The van der Waals surface area contributed by atoms with Gasteiger partial charge in [-0.05, 0) is 13.0 Å². The summed E-state index contributed by atoms with van der Waals surface area (Å²) in [5.74, 6) is -0.240. The second-order valence-electron chi connectivity index (χ2n) is 2.13. The summed E-state index contributed by atoms with van der Waals surface area (Å²) in [6, 6.07) is 1.36. The maximum atomic E-state index is 12.7. The van der Waals surface area contributed by atoms with Crippen molar-refractivity contribution in [3.63, 3.8) is 0 Å². The van der Waals surface area contributed by atoms with Crippen molar-refractivity contribution in [3.05, 3.63) is 29.3 Å². The molecule has 1 aromatic rings. The quantitative estimate of drug-likeness (QED) is 0.631. The predicted molar refractivity (Wildman–Crippen MR) is 36.8 cm³/mol. The molecule has 2 N–H and O–H groups in total. The van der Waals surface area contributed by atoms with Gasteiger partial charge in [-0.25, -0.2) is 4.39 Å². The minimum Gasteiger partial charge on any atom is -0.325 e. The van der Waals surface area contributed by atoms with E-state index in [4.69, 9.17) is 5.73 Å². The Hall–Kier alpha value is -0.960. The van der Waals surface area contributed by atoms with Crippen LogP contribution in [0.15, 0.2) is 12.3 Å². The van der Waals surface area contributed by atoms with Gasteiger partial charge in [-0.3, -0.25) is 4.98 Å². The highest BCUT2D eigenvalue weighted by Crippen LogP contribution is 2.04. The summed E-state index contributed by atoms with van der Waals surface area (Å²) in [5.41, 5.74) is 6.38. The maximum Gasteiger partial charge on any atom is 0.129 e. The van der Waals surface area contributed by atoms with Gasteiger partial charge in [-0.15, -0.1) is 0 Å². The van der Waals surface area contributed by atoms with Crippen molar-refractivity contribution in [2.24, 2.45) is 5.73 Å². The monoisotopic (exact) mass is 140 g/mol. The summed E-state index contributed by atoms with van der Waals surface area (Å²) >= 11 is 0. The zero-order chi connectivity index (χ0) is 7.56. The summed E-state index contributed by atoms with van der Waals surface area (Å²) in [6.45, 7) is 1.96. The molecule has 0 aliphatic heterocycles. The lowest BCUT2D eigenvalue weighted by Crippen LogP contribution is -2.00. The van der Waals surface area contributed by atoms with Crippen LogP contribution in [0.2, 0.25) is 0 Å². The van der Waals surface area contributed by atoms with Crippen LogP contribution in [0.1, 0.15) is 11.3 Å². The number of aromatic nitrogens is 1. The molecular formula is C7H9FN2. The molecule has 0 fully saturated rings. The maximum absolute atomic E-state index is 12.7. The normalized spacial score (nSPS) is 9.90. The van der Waals surface area contributed by atoms with Crippen molar-refractivity contribution < 1.29 is 4.39 Å². The lowest BCUT2D eigenvalue weighted by atomic mass is 10.2. The van der Waals surface area contributed by atoms with E-state index >= 15 is 0 Å². The highest BCUT2D eigenvalue weighted by atomic mass is 19.1. The predicted octanol–water partition coefficient (Wildman–Crippen LogP) is 0.988. The Morgan fingerprint density at radius 2 is 2.40 bits per heavy atom. The molecule has 1 rings (SSSR count). The van der Waals surface area contributed by atoms with Crippen molar-refractivity contribution in [2.45, 2.75) is 13.5 Å². The Labute approximate surface area is 58.9 Å². The van der Waals surface area contributed by atoms with Crippen LogP contribution in [-0.4, -0.2) is 4.98 Å². The minimum absolute atomic E-state index is 0.240. The van der Waals surface area contributed by atoms with E-state index in [-0.39, 0.29) is 12.4 Å². The average molecular weight is 140 g/mol. The molecule has 0 saturated heterocycles. The zero-order valence-corrected chi connectivity index (χ0v) is 5.76. The van der Waals surface area contributed by atoms with Crippen LogP contribution < -0.4 is 5.73 Å². The number of nitrogens with zero attached hydrogens (tertiary/aromatic N) is 1. The first kappa shape index (κ1) is 7.15. The summed E-state index contributed by atoms with van der Waals surface area (Å²) in [5, 5.41) is 0. The van der Waals surface area contributed by atoms with Gasteiger partial charge < -0.3 is 5.73 Å². The summed E-state index contributed by atoms with van der Waals surface area (Å²) < 4.78 is 12.7. The van der Waals surface area contributed by atoms with Crippen LogP contribution >= 0.6 is 0 Å². The molecule has 2 nitrogen and oxygen atoms in total. The van der Waals surface area contributed by atoms with Crippen molar-refractivity contribution in [1.82, 2.24) is 4.98 Å². The molecule has 54 valence electrons. The Bertz CT molecular complexity index is 235. The fourth-order valence-corrected chi connectivity index (χ4v) is 0.650. The van der Waals surface area contributed by atoms with Gasteiger partial charge in [-0.2, -0.15) is 0 Å². The standard InChI is InChI=1S/C7H9FN2/c1-5-4-10-6(3-9)2-7(5)8/h2,4H,3,9H2,1H3. The van der Waals surface area contributed by atoms with E-state index in [1.807, 2.05) is 0 Å². The lowest BCUT2D eigenvalue weighted by Gasteiger charge is -1.97. The van der Waals surface area contributed by atoms with Crippen molar-refractivity contribution in [2.75, 3.05) is 0 Å². The van der Waals surface area contributed by atoms with E-state index in [2.05, 4.69) is 4.98 Å². The van der Waals surface area contributed by atoms with Gasteiger partial charge in [0.2, 0.25) is 0 Å². The largest absolute Gasteiger partial charge is 0.325 e. The Morgan fingerprint density at radius 1 is 1.70 bits per heavy atom. The van der Waals surface area contributed by atoms with Gasteiger partial charge in [0.1, 0.15) is 5.82 Å². The molecule has 0 aliphatic rings. The molecule has 0 atom stereocenters. The number of hydrogen-bond acceptors (Lipinski definition) is 2. The summed E-state index contributed by atoms with van der Waals surface area (Å²) in [7, 11) is 0. The number of aryl methyl sites for hydroxylation is 1. The van der Waals surface area contributed by atoms with E-state index in [9.17, 15) is 4.39 Å². The molecular weight excluding hydrogens is 131 g/mol. The molecule has 0 amide bonds. The molecule has 3 heteroatoms. The average Bonchev–Trinajstić information content (AvgIpc) is 1.95. The minimum atomic E-state index is -0.240. The second-order valence-corrected chi connectivity index (χ2v) is 2.13. The molecule has 0 radical (unpaired) electrons. The zero-order valence-electron chi connectivity index (χ0n) is 5.76. The molecule has 0 aliphatic carbocycles. The number of pyridine rings is 1. The van der Waals surface area contributed by atoms with Crippen molar-refractivity contribution in [3.8, 4) is 0 Å². The molecule has 0 bridgehead atoms. The molecule has 1 aromatic heterocycles. The first-order chi connectivity index (χ1) is 4.74. The number of rotatable bonds is 1. The first-order valence-corrected chi connectivity index (χ1v) is 3.05. The highest BCUT2D eigenvalue weighted by Gasteiger charge is 1.97. The van der Waals surface area contributed by atoms with Crippen LogP contribution in [-0.2, 0) is 6.54 Å². The molecule has 0 unspecified atom stereocenters. The van der Waals surface area contributed by atoms with E-state index in [0.29, 0.717) is 11.3 Å². The Balaban J connectivity index is 3.04. The number of halogens is 1. The molecule has 10 heavy (non-hydrogen) atoms. The van der Waals surface area contributed by atoms with Gasteiger partial charge in [0.15, 0.2) is 0 Å². The van der Waals surface area contributed by atoms with Crippen LogP contribution in [0.4, 0.5) is 4.39 Å². The van der Waals surface area contributed by atoms with Crippen LogP contribution in [0.3, 0.4) is 0 Å². The van der Waals surface area contributed by atoms with Gasteiger partial charge in [0.05, 0.1) is 5.69 Å². The SMILES string of the molecule is Cc1cnc(CN)cc1F. The van der Waals surface area contributed by atoms with E-state index in [1.54, 1.807) is 6.92 Å². The van der Waals surface area contributed by atoms with E-state index < -0.39 is 0 Å². The molecule has 0 spiro atoms. The summed E-state index contributed by atoms with van der Waals surface area (Å²) in [4.78, 5) is 3.89. The molecule has 0 aromatic carbocycles. The van der Waals surface area contributed by atoms with Crippen molar-refractivity contribution in [1.29, 1.82) is 0 Å². The number of nitrogens with two attached hydrogens (primary N) is 1. The van der Waals surface area contributed by atoms with E-state index in [0.717, 1.165) is 0 Å². The Morgan fingerprint density at radius 3 is 2.90 bits per heavy atom. The molecule has 1 heterocycles. The fourth-order valence-electron chi connectivity index (χ4n) is 0.650. The van der Waals surface area contributed by atoms with Gasteiger partial charge >= 0.3 is 0 Å². The van der Waals surface area contributed by atoms with Crippen LogP contribution in [0, 0.1) is 12.7 Å².